The Hall–Kier alpha value is -1.46. The summed E-state index contributed by atoms with van der Waals surface area (Å²) in [6.07, 6.45) is 5.73. The fraction of sp³-hybridized carbons (Fsp3) is 0.600. The van der Waals surface area contributed by atoms with Crippen molar-refractivity contribution >= 4 is 5.91 Å². The zero-order valence-corrected chi connectivity index (χ0v) is 11.7. The Morgan fingerprint density at radius 1 is 1.35 bits per heavy atom. The first-order chi connectivity index (χ1) is 9.84. The minimum atomic E-state index is 0.0355. The van der Waals surface area contributed by atoms with Crippen LogP contribution in [0.2, 0.25) is 0 Å². The molecule has 1 unspecified atom stereocenters. The first-order valence-electron chi connectivity index (χ1n) is 7.34. The number of pyridine rings is 1. The molecule has 0 bridgehead atoms. The molecule has 20 heavy (non-hydrogen) atoms. The van der Waals surface area contributed by atoms with Gasteiger partial charge in [0.15, 0.2) is 0 Å². The van der Waals surface area contributed by atoms with E-state index in [1.165, 1.54) is 5.56 Å². The molecule has 1 amide bonds. The summed E-state index contributed by atoms with van der Waals surface area (Å²) in [6.45, 7) is 4.61. The Bertz CT molecular complexity index is 446. The van der Waals surface area contributed by atoms with Gasteiger partial charge in [-0.05, 0) is 31.0 Å². The minimum absolute atomic E-state index is 0.0355. The quantitative estimate of drug-likeness (QED) is 0.822. The summed E-state index contributed by atoms with van der Waals surface area (Å²) in [6, 6.07) is 4.06. The topological polar surface area (TPSA) is 45.7 Å². The highest BCUT2D eigenvalue weighted by Gasteiger charge is 2.34. The van der Waals surface area contributed by atoms with E-state index in [-0.39, 0.29) is 11.9 Å². The summed E-state index contributed by atoms with van der Waals surface area (Å²) in [7, 11) is 0. The predicted octanol–water partition coefficient (Wildman–Crippen LogP) is 0.905. The highest BCUT2D eigenvalue weighted by Crippen LogP contribution is 2.22. The van der Waals surface area contributed by atoms with Crippen LogP contribution in [0.1, 0.15) is 18.4 Å². The van der Waals surface area contributed by atoms with Gasteiger partial charge < -0.3 is 9.64 Å². The lowest BCUT2D eigenvalue weighted by Gasteiger charge is -2.32. The average Bonchev–Trinajstić information content (AvgIpc) is 2.96. The number of amides is 1. The minimum Gasteiger partial charge on any atom is -0.378 e. The SMILES string of the molecule is O=C(C1CCCN1Cc1cccnc1)N1CCOCC1. The summed E-state index contributed by atoms with van der Waals surface area (Å²) in [5.74, 6) is 0.273. The van der Waals surface area contributed by atoms with Gasteiger partial charge >= 0.3 is 0 Å². The van der Waals surface area contributed by atoms with E-state index in [0.29, 0.717) is 13.2 Å². The van der Waals surface area contributed by atoms with E-state index in [0.717, 1.165) is 39.0 Å². The van der Waals surface area contributed by atoms with Crippen LogP contribution in [-0.4, -0.2) is 59.6 Å². The summed E-state index contributed by atoms with van der Waals surface area (Å²) >= 11 is 0. The van der Waals surface area contributed by atoms with Gasteiger partial charge in [0.05, 0.1) is 19.3 Å². The standard InChI is InChI=1S/C15H21N3O2/c19-15(17-7-9-20-10-8-17)14-4-2-6-18(14)12-13-3-1-5-16-11-13/h1,3,5,11,14H,2,4,6-10,12H2. The molecule has 1 aromatic rings. The van der Waals surface area contributed by atoms with Crippen molar-refractivity contribution in [3.63, 3.8) is 0 Å². The average molecular weight is 275 g/mol. The molecule has 2 saturated heterocycles. The van der Waals surface area contributed by atoms with Crippen LogP contribution in [0.3, 0.4) is 0 Å². The number of carbonyl (C=O) groups is 1. The highest BCUT2D eigenvalue weighted by molar-refractivity contribution is 5.82. The van der Waals surface area contributed by atoms with E-state index >= 15 is 0 Å². The van der Waals surface area contributed by atoms with Crippen molar-refractivity contribution in [2.75, 3.05) is 32.8 Å². The van der Waals surface area contributed by atoms with Gasteiger partial charge in [-0.25, -0.2) is 0 Å². The van der Waals surface area contributed by atoms with Crippen LogP contribution in [0.4, 0.5) is 0 Å². The Morgan fingerprint density at radius 2 is 2.20 bits per heavy atom. The molecule has 2 fully saturated rings. The van der Waals surface area contributed by atoms with E-state index in [1.54, 1.807) is 6.20 Å². The van der Waals surface area contributed by atoms with Crippen molar-refractivity contribution in [1.29, 1.82) is 0 Å². The lowest BCUT2D eigenvalue weighted by Crippen LogP contribution is -2.49. The van der Waals surface area contributed by atoms with E-state index in [1.807, 2.05) is 17.2 Å². The number of hydrogen-bond donors (Lipinski definition) is 0. The van der Waals surface area contributed by atoms with Crippen LogP contribution in [-0.2, 0) is 16.1 Å². The molecule has 5 heteroatoms. The van der Waals surface area contributed by atoms with E-state index < -0.39 is 0 Å². The summed E-state index contributed by atoms with van der Waals surface area (Å²) in [5.41, 5.74) is 1.18. The Morgan fingerprint density at radius 3 is 2.95 bits per heavy atom. The largest absolute Gasteiger partial charge is 0.378 e. The van der Waals surface area contributed by atoms with E-state index in [4.69, 9.17) is 4.74 Å². The third kappa shape index (κ3) is 2.99. The molecule has 2 aliphatic rings. The van der Waals surface area contributed by atoms with Crippen molar-refractivity contribution in [3.05, 3.63) is 30.1 Å². The monoisotopic (exact) mass is 275 g/mol. The van der Waals surface area contributed by atoms with Crippen molar-refractivity contribution in [1.82, 2.24) is 14.8 Å². The van der Waals surface area contributed by atoms with Gasteiger partial charge in [-0.15, -0.1) is 0 Å². The number of nitrogens with zero attached hydrogens (tertiary/aromatic N) is 3. The van der Waals surface area contributed by atoms with Gasteiger partial charge in [0, 0.05) is 32.0 Å². The van der Waals surface area contributed by atoms with Gasteiger partial charge in [0.2, 0.25) is 5.91 Å². The third-order valence-electron chi connectivity index (χ3n) is 4.08. The zero-order valence-electron chi connectivity index (χ0n) is 11.7. The van der Waals surface area contributed by atoms with Crippen LogP contribution in [0.15, 0.2) is 24.5 Å². The number of rotatable bonds is 3. The molecule has 0 spiro atoms. The summed E-state index contributed by atoms with van der Waals surface area (Å²) in [5, 5.41) is 0. The second-order valence-electron chi connectivity index (χ2n) is 5.43. The molecular formula is C15H21N3O2. The van der Waals surface area contributed by atoms with Crippen LogP contribution in [0.5, 0.6) is 0 Å². The number of ether oxygens (including phenoxy) is 1. The van der Waals surface area contributed by atoms with Gasteiger partial charge in [-0.3, -0.25) is 14.7 Å². The van der Waals surface area contributed by atoms with Gasteiger partial charge in [0.1, 0.15) is 0 Å². The maximum atomic E-state index is 12.6. The summed E-state index contributed by atoms with van der Waals surface area (Å²) in [4.78, 5) is 21.0. The second-order valence-corrected chi connectivity index (χ2v) is 5.43. The molecule has 0 aliphatic carbocycles. The Kier molecular flexibility index (Phi) is 4.28. The fourth-order valence-corrected chi connectivity index (χ4v) is 3.02. The van der Waals surface area contributed by atoms with Crippen LogP contribution < -0.4 is 0 Å². The normalized spacial score (nSPS) is 24.0. The molecule has 0 saturated carbocycles. The maximum Gasteiger partial charge on any atom is 0.240 e. The van der Waals surface area contributed by atoms with Crippen LogP contribution in [0, 0.1) is 0 Å². The molecule has 2 aliphatic heterocycles. The fourth-order valence-electron chi connectivity index (χ4n) is 3.02. The van der Waals surface area contributed by atoms with Gasteiger partial charge in [0.25, 0.3) is 0 Å². The second kappa shape index (κ2) is 6.33. The lowest BCUT2D eigenvalue weighted by atomic mass is 10.1. The Balaban J connectivity index is 1.64. The Labute approximate surface area is 119 Å². The molecule has 3 heterocycles. The number of aromatic nitrogens is 1. The summed E-state index contributed by atoms with van der Waals surface area (Å²) < 4.78 is 5.32. The van der Waals surface area contributed by atoms with Crippen molar-refractivity contribution in [2.45, 2.75) is 25.4 Å². The smallest absolute Gasteiger partial charge is 0.240 e. The van der Waals surface area contributed by atoms with Crippen LogP contribution >= 0.6 is 0 Å². The van der Waals surface area contributed by atoms with Crippen molar-refractivity contribution in [2.24, 2.45) is 0 Å². The molecule has 5 nitrogen and oxygen atoms in total. The molecule has 108 valence electrons. The van der Waals surface area contributed by atoms with Crippen LogP contribution in [0.25, 0.3) is 0 Å². The molecular weight excluding hydrogens is 254 g/mol. The number of hydrogen-bond acceptors (Lipinski definition) is 4. The predicted molar refractivity (Wildman–Crippen MR) is 75.1 cm³/mol. The molecule has 0 radical (unpaired) electrons. The van der Waals surface area contributed by atoms with Gasteiger partial charge in [-0.2, -0.15) is 0 Å². The first kappa shape index (κ1) is 13.5. The van der Waals surface area contributed by atoms with Gasteiger partial charge in [-0.1, -0.05) is 6.07 Å². The molecule has 3 rings (SSSR count). The number of carbonyl (C=O) groups excluding carboxylic acids is 1. The zero-order chi connectivity index (χ0) is 13.8. The third-order valence-corrected chi connectivity index (χ3v) is 4.08. The molecule has 1 aromatic heterocycles. The van der Waals surface area contributed by atoms with E-state index in [2.05, 4.69) is 16.0 Å². The molecule has 1 atom stereocenters. The molecule has 0 N–H and O–H groups in total. The molecule has 0 aromatic carbocycles. The maximum absolute atomic E-state index is 12.6. The number of morpholine rings is 1. The first-order valence-corrected chi connectivity index (χ1v) is 7.34. The highest BCUT2D eigenvalue weighted by atomic mass is 16.5. The van der Waals surface area contributed by atoms with Crippen molar-refractivity contribution < 1.29 is 9.53 Å². The lowest BCUT2D eigenvalue weighted by molar-refractivity contribution is -0.140. The van der Waals surface area contributed by atoms with E-state index in [9.17, 15) is 4.79 Å². The van der Waals surface area contributed by atoms with Crippen molar-refractivity contribution in [3.8, 4) is 0 Å². The number of likely N-dealkylation sites (tertiary alicyclic amines) is 1.